The Hall–Kier alpha value is -3.39. The largest absolute Gasteiger partial charge is 0.324 e. The number of hydrogen-bond donors (Lipinski definition) is 0. The first kappa shape index (κ1) is 19.9. The van der Waals surface area contributed by atoms with E-state index in [0.29, 0.717) is 22.7 Å². The fourth-order valence-corrected chi connectivity index (χ4v) is 4.47. The number of nitro groups is 2. The molecule has 2 heterocycles. The number of nitrogens with zero attached hydrogens (tertiary/aromatic N) is 4. The molecule has 13 heteroatoms. The summed E-state index contributed by atoms with van der Waals surface area (Å²) in [7, 11) is -4.51. The maximum atomic E-state index is 12.5. The molecule has 136 valence electrons. The minimum absolute atomic E-state index is 0.144. The number of hydrogen-bond acceptors (Lipinski definition) is 10. The molecule has 0 atom stereocenters. The highest BCUT2D eigenvalue weighted by Crippen LogP contribution is 2.30. The lowest BCUT2D eigenvalue weighted by Gasteiger charge is -2.00. The lowest BCUT2D eigenvalue weighted by atomic mass is 10.4. The fourth-order valence-electron chi connectivity index (χ4n) is 1.75. The molecule has 0 fully saturated rings. The zero-order valence-electron chi connectivity index (χ0n) is 12.9. The maximum absolute atomic E-state index is 12.5. The van der Waals surface area contributed by atoms with Crippen molar-refractivity contribution in [2.24, 2.45) is 0 Å². The minimum atomic E-state index is -4.51. The molecule has 0 saturated heterocycles. The van der Waals surface area contributed by atoms with Crippen LogP contribution in [0.4, 0.5) is 10.0 Å². The Morgan fingerprint density at radius 3 is 1.52 bits per heavy atom. The summed E-state index contributed by atoms with van der Waals surface area (Å²) < 4.78 is 25.1. The summed E-state index contributed by atoms with van der Waals surface area (Å²) in [5.41, 5.74) is 0. The first-order chi connectivity index (χ1) is 12.7. The predicted molar refractivity (Wildman–Crippen MR) is 98.0 cm³/mol. The summed E-state index contributed by atoms with van der Waals surface area (Å²) in [5, 5.41) is 39.3. The van der Waals surface area contributed by atoms with Crippen molar-refractivity contribution in [1.29, 1.82) is 10.5 Å². The molecule has 0 N–H and O–H groups in total. The van der Waals surface area contributed by atoms with E-state index in [-0.39, 0.29) is 19.8 Å². The number of rotatable bonds is 6. The highest BCUT2D eigenvalue weighted by Gasteiger charge is 2.25. The van der Waals surface area contributed by atoms with Crippen LogP contribution in [0.1, 0.15) is 9.75 Å². The van der Waals surface area contributed by atoms with Gasteiger partial charge in [0.2, 0.25) is 9.84 Å². The Bertz CT molecular complexity index is 1090. The molecule has 0 saturated carbocycles. The van der Waals surface area contributed by atoms with Gasteiger partial charge in [0.25, 0.3) is 0 Å². The molecule has 0 aliphatic carbocycles. The third-order valence-electron chi connectivity index (χ3n) is 2.93. The molecule has 10 nitrogen and oxygen atoms in total. The van der Waals surface area contributed by atoms with Gasteiger partial charge in [0.15, 0.2) is 9.81 Å². The summed E-state index contributed by atoms with van der Waals surface area (Å²) >= 11 is 1.33. The average Bonchev–Trinajstić information content (AvgIpc) is 3.26. The number of thiophene rings is 2. The smallest absolute Gasteiger partial charge is 0.258 e. The lowest BCUT2D eigenvalue weighted by molar-refractivity contribution is -0.380. The third-order valence-corrected chi connectivity index (χ3v) is 6.48. The normalized spacial score (nSPS) is 12.2. The zero-order valence-corrected chi connectivity index (χ0v) is 15.4. The Kier molecular flexibility index (Phi) is 5.81. The quantitative estimate of drug-likeness (QED) is 0.387. The Balaban J connectivity index is 2.47. The standard InChI is InChI=1S/C14H6N4O6S3/c15-7-11(5-9-1-3-13(25-9)17(19)20)27(23,24)12(8-16)6-10-2-4-14(26-10)18(21)22/h1-6H/b11-5+,12-6+. The first-order valence-electron chi connectivity index (χ1n) is 6.66. The molecule has 2 aromatic rings. The van der Waals surface area contributed by atoms with Crippen LogP contribution < -0.4 is 0 Å². The molecular weight excluding hydrogens is 416 g/mol. The molecule has 0 aromatic carbocycles. The number of nitriles is 2. The van der Waals surface area contributed by atoms with Gasteiger partial charge in [0.1, 0.15) is 12.1 Å². The monoisotopic (exact) mass is 422 g/mol. The van der Waals surface area contributed by atoms with E-state index in [4.69, 9.17) is 0 Å². The SMILES string of the molecule is N#C/C(=C\c1ccc([N+](=O)[O-])s1)S(=O)(=O)/C(C#N)=C/c1ccc([N+](=O)[O-])s1. The van der Waals surface area contributed by atoms with Crippen molar-refractivity contribution in [3.05, 3.63) is 64.1 Å². The van der Waals surface area contributed by atoms with Gasteiger partial charge >= 0.3 is 10.0 Å². The molecule has 0 spiro atoms. The zero-order chi connectivity index (χ0) is 20.2. The van der Waals surface area contributed by atoms with Gasteiger partial charge in [-0.2, -0.15) is 10.5 Å². The molecule has 2 rings (SSSR count). The van der Waals surface area contributed by atoms with Crippen LogP contribution in [0.15, 0.2) is 34.1 Å². The second-order valence-corrected chi connectivity index (χ2v) is 8.68. The highest BCUT2D eigenvalue weighted by molar-refractivity contribution is 7.99. The van der Waals surface area contributed by atoms with Crippen molar-refractivity contribution in [2.45, 2.75) is 0 Å². The van der Waals surface area contributed by atoms with Crippen LogP contribution in [-0.2, 0) is 9.84 Å². The second-order valence-electron chi connectivity index (χ2n) is 4.61. The van der Waals surface area contributed by atoms with Crippen LogP contribution in [0.2, 0.25) is 0 Å². The molecule has 0 aliphatic heterocycles. The van der Waals surface area contributed by atoms with Gasteiger partial charge in [-0.1, -0.05) is 22.7 Å². The van der Waals surface area contributed by atoms with Gasteiger partial charge in [-0.3, -0.25) is 20.2 Å². The molecular formula is C14H6N4O6S3. The van der Waals surface area contributed by atoms with Gasteiger partial charge < -0.3 is 0 Å². The van der Waals surface area contributed by atoms with Gasteiger partial charge in [0, 0.05) is 21.9 Å². The van der Waals surface area contributed by atoms with Gasteiger partial charge in [-0.15, -0.1) is 0 Å². The van der Waals surface area contributed by atoms with Crippen molar-refractivity contribution < 1.29 is 18.3 Å². The first-order valence-corrected chi connectivity index (χ1v) is 9.78. The molecule has 0 amide bonds. The van der Waals surface area contributed by atoms with Gasteiger partial charge in [-0.25, -0.2) is 8.42 Å². The average molecular weight is 422 g/mol. The van der Waals surface area contributed by atoms with E-state index in [0.717, 1.165) is 24.3 Å². The van der Waals surface area contributed by atoms with Crippen LogP contribution in [0, 0.1) is 42.9 Å². The molecule has 0 bridgehead atoms. The summed E-state index contributed by atoms with van der Waals surface area (Å²) in [4.78, 5) is 18.8. The van der Waals surface area contributed by atoms with Crippen molar-refractivity contribution in [1.82, 2.24) is 0 Å². The lowest BCUT2D eigenvalue weighted by Crippen LogP contribution is -2.04. The Morgan fingerprint density at radius 2 is 1.26 bits per heavy atom. The maximum Gasteiger partial charge on any atom is 0.324 e. The van der Waals surface area contributed by atoms with Gasteiger partial charge in [-0.05, 0) is 24.3 Å². The van der Waals surface area contributed by atoms with Crippen molar-refractivity contribution in [2.75, 3.05) is 0 Å². The summed E-state index contributed by atoms with van der Waals surface area (Å²) in [5.74, 6) is 0. The van der Waals surface area contributed by atoms with Crippen molar-refractivity contribution in [3.8, 4) is 12.1 Å². The molecule has 0 radical (unpaired) electrons. The van der Waals surface area contributed by atoms with E-state index in [2.05, 4.69) is 0 Å². The highest BCUT2D eigenvalue weighted by atomic mass is 32.2. The summed E-state index contributed by atoms with van der Waals surface area (Å²) in [6.45, 7) is 0. The van der Waals surface area contributed by atoms with Crippen LogP contribution in [0.5, 0.6) is 0 Å². The van der Waals surface area contributed by atoms with Crippen LogP contribution >= 0.6 is 22.7 Å². The fraction of sp³-hybridized carbons (Fsp3) is 0. The number of sulfone groups is 1. The Labute approximate surface area is 159 Å². The van der Waals surface area contributed by atoms with Crippen LogP contribution in [0.25, 0.3) is 12.2 Å². The van der Waals surface area contributed by atoms with Crippen LogP contribution in [0.3, 0.4) is 0 Å². The van der Waals surface area contributed by atoms with Crippen LogP contribution in [-0.4, -0.2) is 18.3 Å². The predicted octanol–water partition coefficient (Wildman–Crippen LogP) is 3.47. The molecule has 0 aliphatic rings. The van der Waals surface area contributed by atoms with Gasteiger partial charge in [0.05, 0.1) is 9.85 Å². The number of allylic oxidation sites excluding steroid dienone is 2. The van der Waals surface area contributed by atoms with E-state index in [1.807, 2.05) is 0 Å². The van der Waals surface area contributed by atoms with E-state index in [1.165, 1.54) is 24.3 Å². The van der Waals surface area contributed by atoms with E-state index in [1.54, 1.807) is 0 Å². The molecule has 0 unspecified atom stereocenters. The topological polar surface area (TPSA) is 168 Å². The van der Waals surface area contributed by atoms with E-state index >= 15 is 0 Å². The third kappa shape index (κ3) is 4.42. The minimum Gasteiger partial charge on any atom is -0.258 e. The van der Waals surface area contributed by atoms with Crippen molar-refractivity contribution >= 4 is 54.7 Å². The summed E-state index contributed by atoms with van der Waals surface area (Å²) in [6.07, 6.45) is 1.85. The van der Waals surface area contributed by atoms with Crippen molar-refractivity contribution in [3.63, 3.8) is 0 Å². The molecule has 27 heavy (non-hydrogen) atoms. The Morgan fingerprint density at radius 1 is 0.889 bits per heavy atom. The molecule has 2 aromatic heterocycles. The second kappa shape index (κ2) is 7.88. The summed E-state index contributed by atoms with van der Waals surface area (Å²) in [6, 6.07) is 7.79. The van der Waals surface area contributed by atoms with E-state index < -0.39 is 29.5 Å². The van der Waals surface area contributed by atoms with E-state index in [9.17, 15) is 39.2 Å².